The summed E-state index contributed by atoms with van der Waals surface area (Å²) >= 11 is 1.42. The van der Waals surface area contributed by atoms with Gasteiger partial charge in [0, 0.05) is 18.7 Å². The van der Waals surface area contributed by atoms with Crippen molar-refractivity contribution >= 4 is 44.4 Å². The number of aryl methyl sites for hydroxylation is 1. The molecule has 2 aliphatic carbocycles. The van der Waals surface area contributed by atoms with Crippen LogP contribution in [0.2, 0.25) is 0 Å². The van der Waals surface area contributed by atoms with Gasteiger partial charge in [-0.15, -0.1) is 0 Å². The van der Waals surface area contributed by atoms with E-state index in [1.165, 1.54) is 43.9 Å². The zero-order valence-electron chi connectivity index (χ0n) is 18.2. The number of anilines is 2. The predicted octanol–water partition coefficient (Wildman–Crippen LogP) is 5.90. The van der Waals surface area contributed by atoms with Crippen molar-refractivity contribution in [2.45, 2.75) is 58.5 Å². The molecule has 2 N–H and O–H groups in total. The SMILES string of the molecule is CC(=O)Nc1nc2ccc(-c3cnc(C)c(NC(=O)OC4CCC5(CC4)CC5)c3)cc2s1. The summed E-state index contributed by atoms with van der Waals surface area (Å²) < 4.78 is 6.65. The van der Waals surface area contributed by atoms with Gasteiger partial charge in [-0.2, -0.15) is 0 Å². The topological polar surface area (TPSA) is 93.2 Å². The number of fused-ring (bicyclic) bond motifs is 1. The van der Waals surface area contributed by atoms with Crippen LogP contribution < -0.4 is 10.6 Å². The molecule has 5 rings (SSSR count). The molecule has 0 saturated heterocycles. The maximum atomic E-state index is 12.5. The van der Waals surface area contributed by atoms with E-state index in [1.807, 2.05) is 31.2 Å². The molecule has 0 radical (unpaired) electrons. The van der Waals surface area contributed by atoms with Crippen molar-refractivity contribution in [1.82, 2.24) is 9.97 Å². The number of aromatic nitrogens is 2. The summed E-state index contributed by atoms with van der Waals surface area (Å²) in [5.41, 5.74) is 4.62. The number of thiazole rings is 1. The van der Waals surface area contributed by atoms with E-state index in [4.69, 9.17) is 4.74 Å². The normalized spacial score (nSPS) is 17.3. The van der Waals surface area contributed by atoms with Crippen LogP contribution in [0.25, 0.3) is 21.3 Å². The van der Waals surface area contributed by atoms with Gasteiger partial charge >= 0.3 is 6.09 Å². The fourth-order valence-electron chi connectivity index (χ4n) is 4.41. The number of hydrogen-bond donors (Lipinski definition) is 2. The van der Waals surface area contributed by atoms with Crippen LogP contribution in [0.4, 0.5) is 15.6 Å². The van der Waals surface area contributed by atoms with Gasteiger partial charge in [-0.1, -0.05) is 17.4 Å². The van der Waals surface area contributed by atoms with Crippen molar-refractivity contribution in [3.63, 3.8) is 0 Å². The quantitative estimate of drug-likeness (QED) is 0.516. The van der Waals surface area contributed by atoms with E-state index >= 15 is 0 Å². The fourth-order valence-corrected chi connectivity index (χ4v) is 5.37. The first-order valence-corrected chi connectivity index (χ1v) is 11.8. The Hall–Kier alpha value is -3.00. The second-order valence-electron chi connectivity index (χ2n) is 8.97. The minimum absolute atomic E-state index is 0.00390. The van der Waals surface area contributed by atoms with Gasteiger partial charge in [-0.05, 0) is 74.6 Å². The van der Waals surface area contributed by atoms with Gasteiger partial charge in [0.05, 0.1) is 21.6 Å². The lowest BCUT2D eigenvalue weighted by atomic mass is 9.85. The molecule has 2 amide bonds. The Morgan fingerprint density at radius 2 is 1.88 bits per heavy atom. The third-order valence-corrected chi connectivity index (χ3v) is 7.49. The molecule has 32 heavy (non-hydrogen) atoms. The van der Waals surface area contributed by atoms with Gasteiger partial charge in [-0.3, -0.25) is 15.1 Å². The Bertz CT molecular complexity index is 1190. The molecule has 0 bridgehead atoms. The number of ether oxygens (including phenoxy) is 1. The summed E-state index contributed by atoms with van der Waals surface area (Å²) in [6.07, 6.45) is 8.32. The Morgan fingerprint density at radius 1 is 1.09 bits per heavy atom. The Balaban J connectivity index is 1.29. The summed E-state index contributed by atoms with van der Waals surface area (Å²) in [6, 6.07) is 7.82. The minimum Gasteiger partial charge on any atom is -0.446 e. The summed E-state index contributed by atoms with van der Waals surface area (Å²) in [5, 5.41) is 6.19. The van der Waals surface area contributed by atoms with E-state index in [0.29, 0.717) is 16.2 Å². The largest absolute Gasteiger partial charge is 0.446 e. The third kappa shape index (κ3) is 4.46. The molecule has 2 fully saturated rings. The predicted molar refractivity (Wildman–Crippen MR) is 126 cm³/mol. The maximum absolute atomic E-state index is 12.5. The molecule has 166 valence electrons. The van der Waals surface area contributed by atoms with E-state index < -0.39 is 6.09 Å². The highest BCUT2D eigenvalue weighted by Gasteiger charge is 2.45. The highest BCUT2D eigenvalue weighted by atomic mass is 32.1. The van der Waals surface area contributed by atoms with E-state index in [1.54, 1.807) is 6.20 Å². The molecule has 2 heterocycles. The van der Waals surface area contributed by atoms with Crippen molar-refractivity contribution in [2.24, 2.45) is 5.41 Å². The number of carbonyl (C=O) groups excluding carboxylic acids is 2. The fraction of sp³-hybridized carbons (Fsp3) is 0.417. The first-order valence-electron chi connectivity index (χ1n) is 11.0. The number of nitrogens with zero attached hydrogens (tertiary/aromatic N) is 2. The number of benzene rings is 1. The van der Waals surface area contributed by atoms with E-state index in [0.717, 1.165) is 39.9 Å². The summed E-state index contributed by atoms with van der Waals surface area (Å²) in [6.45, 7) is 3.33. The molecule has 2 aromatic heterocycles. The number of hydrogen-bond acceptors (Lipinski definition) is 6. The van der Waals surface area contributed by atoms with Crippen molar-refractivity contribution in [2.75, 3.05) is 10.6 Å². The van der Waals surface area contributed by atoms with Crippen LogP contribution in [0.5, 0.6) is 0 Å². The maximum Gasteiger partial charge on any atom is 0.411 e. The molecular weight excluding hydrogens is 424 g/mol. The van der Waals surface area contributed by atoms with E-state index in [-0.39, 0.29) is 12.0 Å². The summed E-state index contributed by atoms with van der Waals surface area (Å²) in [7, 11) is 0. The van der Waals surface area contributed by atoms with Crippen LogP contribution in [-0.2, 0) is 9.53 Å². The highest BCUT2D eigenvalue weighted by molar-refractivity contribution is 7.22. The Labute approximate surface area is 190 Å². The van der Waals surface area contributed by atoms with E-state index in [9.17, 15) is 9.59 Å². The number of nitrogens with one attached hydrogen (secondary N) is 2. The molecular formula is C24H26N4O3S. The first kappa shape index (κ1) is 20.9. The summed E-state index contributed by atoms with van der Waals surface area (Å²) in [4.78, 5) is 32.7. The lowest BCUT2D eigenvalue weighted by molar-refractivity contribution is -0.114. The molecule has 7 nitrogen and oxygen atoms in total. The number of pyridine rings is 1. The zero-order chi connectivity index (χ0) is 22.3. The van der Waals surface area contributed by atoms with Crippen LogP contribution in [0.1, 0.15) is 51.1 Å². The molecule has 3 aromatic rings. The van der Waals surface area contributed by atoms with Crippen LogP contribution >= 0.6 is 11.3 Å². The second kappa shape index (κ2) is 8.16. The zero-order valence-corrected chi connectivity index (χ0v) is 19.1. The van der Waals surface area contributed by atoms with Gasteiger partial charge in [0.1, 0.15) is 6.10 Å². The highest BCUT2D eigenvalue weighted by Crippen LogP contribution is 2.56. The molecule has 8 heteroatoms. The summed E-state index contributed by atoms with van der Waals surface area (Å²) in [5.74, 6) is -0.144. The first-order chi connectivity index (χ1) is 15.4. The molecule has 2 aliphatic rings. The monoisotopic (exact) mass is 450 g/mol. The van der Waals surface area contributed by atoms with Gasteiger partial charge < -0.3 is 10.1 Å². The van der Waals surface area contributed by atoms with Crippen LogP contribution in [0, 0.1) is 12.3 Å². The van der Waals surface area contributed by atoms with Gasteiger partial charge in [0.15, 0.2) is 5.13 Å². The molecule has 1 aromatic carbocycles. The van der Waals surface area contributed by atoms with Crippen LogP contribution in [0.15, 0.2) is 30.5 Å². The smallest absolute Gasteiger partial charge is 0.411 e. The average Bonchev–Trinajstić information content (AvgIpc) is 3.39. The number of amides is 2. The average molecular weight is 451 g/mol. The third-order valence-electron chi connectivity index (χ3n) is 6.55. The number of carbonyl (C=O) groups is 2. The minimum atomic E-state index is -0.415. The Morgan fingerprint density at radius 3 is 2.59 bits per heavy atom. The van der Waals surface area contributed by atoms with E-state index in [2.05, 4.69) is 20.6 Å². The van der Waals surface area contributed by atoms with Crippen LogP contribution in [0.3, 0.4) is 0 Å². The standard InChI is InChI=1S/C24H26N4O3S/c1-14-20(28-23(30)31-18-5-7-24(8-6-18)9-10-24)11-17(13-25-14)16-3-4-19-21(12-16)32-22(27-19)26-15(2)29/h3-4,11-13,18H,5-10H2,1-2H3,(H,28,30)(H,26,27,29). The van der Waals surface area contributed by atoms with Gasteiger partial charge in [-0.25, -0.2) is 9.78 Å². The molecule has 1 spiro atoms. The second-order valence-corrected chi connectivity index (χ2v) is 10.00. The molecule has 0 aliphatic heterocycles. The lowest BCUT2D eigenvalue weighted by Crippen LogP contribution is -2.27. The molecule has 0 atom stereocenters. The lowest BCUT2D eigenvalue weighted by Gasteiger charge is -2.28. The van der Waals surface area contributed by atoms with Gasteiger partial charge in [0.2, 0.25) is 5.91 Å². The van der Waals surface area contributed by atoms with Crippen molar-refractivity contribution in [3.8, 4) is 11.1 Å². The van der Waals surface area contributed by atoms with Crippen molar-refractivity contribution in [1.29, 1.82) is 0 Å². The molecule has 0 unspecified atom stereocenters. The van der Waals surface area contributed by atoms with Crippen molar-refractivity contribution in [3.05, 3.63) is 36.2 Å². The van der Waals surface area contributed by atoms with Crippen LogP contribution in [-0.4, -0.2) is 28.1 Å². The number of rotatable bonds is 4. The Kier molecular flexibility index (Phi) is 5.33. The molecule has 2 saturated carbocycles. The van der Waals surface area contributed by atoms with Crippen molar-refractivity contribution < 1.29 is 14.3 Å². The van der Waals surface area contributed by atoms with Gasteiger partial charge in [0.25, 0.3) is 0 Å².